The number of phenols is 2. The topological polar surface area (TPSA) is 179 Å². The number of aromatic nitrogens is 1. The van der Waals surface area contributed by atoms with Crippen LogP contribution in [0.5, 0.6) is 11.5 Å². The molecule has 1 heterocycles. The van der Waals surface area contributed by atoms with Gasteiger partial charge >= 0.3 is 5.97 Å². The van der Waals surface area contributed by atoms with Gasteiger partial charge < -0.3 is 25.9 Å². The molecule has 0 saturated carbocycles. The number of thiazole rings is 1. The molecule has 1 aromatic heterocycles. The molecule has 1 atom stereocenters. The molecule has 0 aliphatic heterocycles. The number of hydrogen-bond donors (Lipinski definition) is 4. The molecule has 1 radical (unpaired) electrons. The highest BCUT2D eigenvalue weighted by Gasteiger charge is 2.25. The minimum atomic E-state index is -1.68. The zero-order chi connectivity index (χ0) is 17.9. The van der Waals surface area contributed by atoms with E-state index in [1.165, 1.54) is 11.4 Å². The third-order valence-electron chi connectivity index (χ3n) is 2.76. The van der Waals surface area contributed by atoms with Crippen LogP contribution in [-0.2, 0) is 14.4 Å². The molecule has 6 N–H and O–H groups in total. The standard InChI is InChI=1S/C13H11N4O6S/c14-11(20)9(6-4-24-13(15)16-6)17-23-10(12(21)22)5-1-2-7(18)8(19)3-5/h1-4,10,14,18-19H,(H2,15,16)(H,21,22)/b17-9-/t10-/m0/s1. The molecular formula is C13H11N4O6S. The van der Waals surface area contributed by atoms with Crippen LogP contribution >= 0.6 is 11.3 Å². The van der Waals surface area contributed by atoms with E-state index < -0.39 is 35.2 Å². The summed E-state index contributed by atoms with van der Waals surface area (Å²) >= 11 is 1.01. The van der Waals surface area contributed by atoms with E-state index in [-0.39, 0.29) is 16.4 Å². The maximum Gasteiger partial charge on any atom is 0.352 e. The number of rotatable bonds is 6. The zero-order valence-corrected chi connectivity index (χ0v) is 12.6. The lowest BCUT2D eigenvalue weighted by Gasteiger charge is -2.12. The SMILES string of the molecule is [NH]C(=O)/C(=N\O[C@H](C(=O)O)c1ccc(O)c(O)c1)c1csc(N)n1. The van der Waals surface area contributed by atoms with Crippen LogP contribution in [0.4, 0.5) is 5.13 Å². The summed E-state index contributed by atoms with van der Waals surface area (Å²) in [5.41, 5.74) is 12.0. The molecule has 11 heteroatoms. The van der Waals surface area contributed by atoms with Gasteiger partial charge in [-0.05, 0) is 12.1 Å². The monoisotopic (exact) mass is 351 g/mol. The van der Waals surface area contributed by atoms with Crippen LogP contribution in [0.25, 0.3) is 0 Å². The Kier molecular flexibility index (Phi) is 4.84. The van der Waals surface area contributed by atoms with Gasteiger partial charge in [-0.2, -0.15) is 0 Å². The second-order valence-corrected chi connectivity index (χ2v) is 5.30. The van der Waals surface area contributed by atoms with E-state index in [0.29, 0.717) is 0 Å². The van der Waals surface area contributed by atoms with Crippen molar-refractivity contribution in [2.24, 2.45) is 5.16 Å². The number of hydrogen-bond acceptors (Lipinski definition) is 9. The molecule has 10 nitrogen and oxygen atoms in total. The minimum Gasteiger partial charge on any atom is -0.504 e. The summed E-state index contributed by atoms with van der Waals surface area (Å²) in [6.07, 6.45) is -1.68. The van der Waals surface area contributed by atoms with Crippen molar-refractivity contribution < 1.29 is 29.7 Å². The van der Waals surface area contributed by atoms with Crippen molar-refractivity contribution in [3.8, 4) is 11.5 Å². The normalized spacial score (nSPS) is 12.6. The van der Waals surface area contributed by atoms with Crippen LogP contribution in [0.2, 0.25) is 0 Å². The van der Waals surface area contributed by atoms with Crippen LogP contribution in [0, 0.1) is 0 Å². The molecule has 1 aromatic carbocycles. The average molecular weight is 351 g/mol. The molecular weight excluding hydrogens is 340 g/mol. The number of nitrogen functional groups attached to an aromatic ring is 1. The first-order chi connectivity index (χ1) is 11.3. The first-order valence-corrected chi connectivity index (χ1v) is 7.13. The third-order valence-corrected chi connectivity index (χ3v) is 3.43. The Balaban J connectivity index is 2.33. The summed E-state index contributed by atoms with van der Waals surface area (Å²) in [6.45, 7) is 0. The molecule has 125 valence electrons. The fraction of sp³-hybridized carbons (Fsp3) is 0.0769. The first-order valence-electron chi connectivity index (χ1n) is 6.25. The summed E-state index contributed by atoms with van der Waals surface area (Å²) < 4.78 is 0. The Morgan fingerprint density at radius 2 is 2.04 bits per heavy atom. The number of nitrogens with two attached hydrogens (primary N) is 1. The van der Waals surface area contributed by atoms with Crippen LogP contribution < -0.4 is 11.5 Å². The van der Waals surface area contributed by atoms with Gasteiger partial charge in [-0.1, -0.05) is 11.2 Å². The number of aromatic hydroxyl groups is 2. The summed E-state index contributed by atoms with van der Waals surface area (Å²) in [7, 11) is 0. The fourth-order valence-electron chi connectivity index (χ4n) is 1.66. The minimum absolute atomic E-state index is 0.0183. The summed E-state index contributed by atoms with van der Waals surface area (Å²) in [5.74, 6) is -3.68. The summed E-state index contributed by atoms with van der Waals surface area (Å²) in [6, 6.07) is 3.25. The van der Waals surface area contributed by atoms with Gasteiger partial charge in [0, 0.05) is 10.9 Å². The van der Waals surface area contributed by atoms with Gasteiger partial charge in [0.15, 0.2) is 22.3 Å². The van der Waals surface area contributed by atoms with Gasteiger partial charge in [0.1, 0.15) is 5.69 Å². The third kappa shape index (κ3) is 3.70. The predicted octanol–water partition coefficient (Wildman–Crippen LogP) is 0.493. The smallest absolute Gasteiger partial charge is 0.352 e. The second-order valence-electron chi connectivity index (χ2n) is 4.41. The van der Waals surface area contributed by atoms with E-state index in [2.05, 4.69) is 10.1 Å². The van der Waals surface area contributed by atoms with Crippen molar-refractivity contribution in [2.75, 3.05) is 5.73 Å². The lowest BCUT2D eigenvalue weighted by atomic mass is 10.1. The number of carbonyl (C=O) groups is 2. The molecule has 1 amide bonds. The average Bonchev–Trinajstić information content (AvgIpc) is 2.92. The number of benzene rings is 1. The molecule has 24 heavy (non-hydrogen) atoms. The highest BCUT2D eigenvalue weighted by molar-refractivity contribution is 7.13. The lowest BCUT2D eigenvalue weighted by Crippen LogP contribution is -2.20. The maximum atomic E-state index is 11.3. The Morgan fingerprint density at radius 1 is 1.33 bits per heavy atom. The number of aliphatic carboxylic acids is 1. The quantitative estimate of drug-likeness (QED) is 0.330. The second kappa shape index (κ2) is 6.83. The first kappa shape index (κ1) is 17.0. The van der Waals surface area contributed by atoms with Crippen molar-refractivity contribution in [3.05, 3.63) is 34.8 Å². The van der Waals surface area contributed by atoms with E-state index in [1.54, 1.807) is 0 Å². The Morgan fingerprint density at radius 3 is 2.54 bits per heavy atom. The van der Waals surface area contributed by atoms with Gasteiger partial charge in [0.2, 0.25) is 6.10 Å². The number of carboxylic acids is 1. The van der Waals surface area contributed by atoms with Gasteiger partial charge in [-0.25, -0.2) is 9.78 Å². The van der Waals surface area contributed by atoms with Crippen molar-refractivity contribution in [3.63, 3.8) is 0 Å². The van der Waals surface area contributed by atoms with Gasteiger partial charge in [0.25, 0.3) is 5.91 Å². The van der Waals surface area contributed by atoms with E-state index in [4.69, 9.17) is 16.3 Å². The van der Waals surface area contributed by atoms with Gasteiger partial charge in [-0.3, -0.25) is 10.5 Å². The number of oxime groups is 1. The number of amides is 1. The highest BCUT2D eigenvalue weighted by Crippen LogP contribution is 2.29. The molecule has 0 aliphatic rings. The van der Waals surface area contributed by atoms with E-state index >= 15 is 0 Å². The van der Waals surface area contributed by atoms with Crippen LogP contribution in [0.15, 0.2) is 28.7 Å². The van der Waals surface area contributed by atoms with Crippen molar-refractivity contribution in [2.45, 2.75) is 6.10 Å². The molecule has 2 rings (SSSR count). The molecule has 2 aromatic rings. The van der Waals surface area contributed by atoms with E-state index in [9.17, 15) is 24.9 Å². The van der Waals surface area contributed by atoms with E-state index in [1.807, 2.05) is 0 Å². The number of anilines is 1. The van der Waals surface area contributed by atoms with E-state index in [0.717, 1.165) is 23.5 Å². The molecule has 0 fully saturated rings. The lowest BCUT2D eigenvalue weighted by molar-refractivity contribution is -0.151. The molecule has 0 unspecified atom stereocenters. The number of nitrogens with zero attached hydrogens (tertiary/aromatic N) is 2. The Bertz CT molecular complexity index is 819. The zero-order valence-electron chi connectivity index (χ0n) is 11.8. The molecule has 0 aliphatic carbocycles. The maximum absolute atomic E-state index is 11.3. The van der Waals surface area contributed by atoms with Crippen LogP contribution in [0.3, 0.4) is 0 Å². The number of carbonyl (C=O) groups excluding carboxylic acids is 1. The van der Waals surface area contributed by atoms with Gasteiger partial charge in [0.05, 0.1) is 0 Å². The predicted molar refractivity (Wildman–Crippen MR) is 82.4 cm³/mol. The number of phenolic OH excluding ortho intramolecular Hbond substituents is 2. The fourth-order valence-corrected chi connectivity index (χ4v) is 2.21. The van der Waals surface area contributed by atoms with Crippen LogP contribution in [-0.4, -0.2) is 37.9 Å². The summed E-state index contributed by atoms with van der Waals surface area (Å²) in [5, 5.41) is 32.8. The largest absolute Gasteiger partial charge is 0.504 e. The van der Waals surface area contributed by atoms with Crippen molar-refractivity contribution in [1.29, 1.82) is 0 Å². The van der Waals surface area contributed by atoms with Crippen LogP contribution in [0.1, 0.15) is 17.4 Å². The molecule has 0 spiro atoms. The Labute approximate surface area is 138 Å². The molecule has 0 bridgehead atoms. The van der Waals surface area contributed by atoms with Crippen molar-refractivity contribution >= 4 is 34.1 Å². The van der Waals surface area contributed by atoms with Gasteiger partial charge in [-0.15, -0.1) is 11.3 Å². The number of nitrogens with one attached hydrogen (secondary N) is 1. The highest BCUT2D eigenvalue weighted by atomic mass is 32.1. The Hall–Kier alpha value is -3.34. The molecule has 0 saturated heterocycles. The number of carboxylic acid groups (broad SMARTS) is 1. The summed E-state index contributed by atoms with van der Waals surface area (Å²) in [4.78, 5) is 31.3. The van der Waals surface area contributed by atoms with Crippen molar-refractivity contribution in [1.82, 2.24) is 10.7 Å².